The number of benzene rings is 1. The number of anilines is 1. The van der Waals surface area contributed by atoms with Crippen molar-refractivity contribution < 1.29 is 4.57 Å². The Bertz CT molecular complexity index is 340. The summed E-state index contributed by atoms with van der Waals surface area (Å²) in [6.07, 6.45) is 0. The summed E-state index contributed by atoms with van der Waals surface area (Å²) in [4.78, 5) is 0. The Morgan fingerprint density at radius 2 is 1.92 bits per heavy atom. The van der Waals surface area contributed by atoms with Gasteiger partial charge < -0.3 is 10.3 Å². The minimum absolute atomic E-state index is 0.680. The van der Waals surface area contributed by atoms with Crippen molar-refractivity contribution in [3.05, 3.63) is 23.8 Å². The first-order chi connectivity index (χ1) is 5.41. The molecule has 66 valence electrons. The van der Waals surface area contributed by atoms with Crippen LogP contribution in [0.4, 0.5) is 5.69 Å². The van der Waals surface area contributed by atoms with Crippen molar-refractivity contribution in [1.29, 1.82) is 0 Å². The summed E-state index contributed by atoms with van der Waals surface area (Å²) >= 11 is 0. The van der Waals surface area contributed by atoms with E-state index in [4.69, 9.17) is 5.73 Å². The molecule has 0 aliphatic carbocycles. The summed E-state index contributed by atoms with van der Waals surface area (Å²) in [7, 11) is -2.16. The second kappa shape index (κ2) is 2.95. The Kier molecular flexibility index (Phi) is 2.29. The molecule has 12 heavy (non-hydrogen) atoms. The van der Waals surface area contributed by atoms with Gasteiger partial charge in [0.1, 0.15) is 7.14 Å². The van der Waals surface area contributed by atoms with E-state index in [1.807, 2.05) is 19.1 Å². The van der Waals surface area contributed by atoms with Gasteiger partial charge in [-0.3, -0.25) is 0 Å². The molecule has 0 saturated heterocycles. The quantitative estimate of drug-likeness (QED) is 0.533. The van der Waals surface area contributed by atoms with Crippen molar-refractivity contribution in [3.63, 3.8) is 0 Å². The SMILES string of the molecule is Cc1ccc(N)cc1P(C)(C)=O. The van der Waals surface area contributed by atoms with Gasteiger partial charge in [0, 0.05) is 11.0 Å². The van der Waals surface area contributed by atoms with Crippen LogP contribution in [0, 0.1) is 6.92 Å². The third-order valence-corrected chi connectivity index (χ3v) is 3.46. The zero-order valence-electron chi connectivity index (χ0n) is 7.66. The molecule has 0 bridgehead atoms. The molecule has 0 heterocycles. The van der Waals surface area contributed by atoms with E-state index in [0.29, 0.717) is 5.69 Å². The number of hydrogen-bond acceptors (Lipinski definition) is 2. The smallest absolute Gasteiger partial charge is 0.110 e. The van der Waals surface area contributed by atoms with Gasteiger partial charge in [0.25, 0.3) is 0 Å². The van der Waals surface area contributed by atoms with Crippen molar-refractivity contribution in [2.75, 3.05) is 19.1 Å². The topological polar surface area (TPSA) is 43.1 Å². The minimum Gasteiger partial charge on any atom is -0.399 e. The molecule has 1 aromatic rings. The zero-order valence-corrected chi connectivity index (χ0v) is 8.56. The standard InChI is InChI=1S/C9H14NOP/c1-7-4-5-8(10)6-9(7)12(2,3)11/h4-6H,10H2,1-3H3. The normalized spacial score (nSPS) is 11.6. The Hall–Kier alpha value is -0.750. The number of hydrogen-bond donors (Lipinski definition) is 1. The van der Waals surface area contributed by atoms with Crippen LogP contribution in [0.5, 0.6) is 0 Å². The third kappa shape index (κ3) is 1.89. The fourth-order valence-electron chi connectivity index (χ4n) is 1.21. The van der Waals surface area contributed by atoms with Crippen LogP contribution in [0.15, 0.2) is 18.2 Å². The molecule has 1 rings (SSSR count). The summed E-state index contributed by atoms with van der Waals surface area (Å²) < 4.78 is 11.7. The van der Waals surface area contributed by atoms with Gasteiger partial charge in [-0.2, -0.15) is 0 Å². The molecule has 0 atom stereocenters. The molecule has 2 N–H and O–H groups in total. The average molecular weight is 183 g/mol. The Labute approximate surface area is 73.2 Å². The van der Waals surface area contributed by atoms with Gasteiger partial charge in [0.05, 0.1) is 0 Å². The van der Waals surface area contributed by atoms with Crippen molar-refractivity contribution in [3.8, 4) is 0 Å². The van der Waals surface area contributed by atoms with Crippen LogP contribution in [-0.2, 0) is 4.57 Å². The van der Waals surface area contributed by atoms with Gasteiger partial charge in [0.15, 0.2) is 0 Å². The van der Waals surface area contributed by atoms with Crippen LogP contribution >= 0.6 is 7.14 Å². The first-order valence-corrected chi connectivity index (χ1v) is 6.43. The first-order valence-electron chi connectivity index (χ1n) is 3.83. The van der Waals surface area contributed by atoms with Gasteiger partial charge in [-0.25, -0.2) is 0 Å². The highest BCUT2D eigenvalue weighted by Crippen LogP contribution is 2.36. The maximum absolute atomic E-state index is 11.7. The summed E-state index contributed by atoms with van der Waals surface area (Å²) in [5.41, 5.74) is 7.34. The molecule has 0 spiro atoms. The van der Waals surface area contributed by atoms with Crippen molar-refractivity contribution in [1.82, 2.24) is 0 Å². The number of nitrogen functional groups attached to an aromatic ring is 1. The lowest BCUT2D eigenvalue weighted by atomic mass is 10.2. The van der Waals surface area contributed by atoms with Crippen LogP contribution < -0.4 is 11.0 Å². The van der Waals surface area contributed by atoms with Crippen molar-refractivity contribution in [2.45, 2.75) is 6.92 Å². The van der Waals surface area contributed by atoms with E-state index in [9.17, 15) is 4.57 Å². The van der Waals surface area contributed by atoms with Crippen LogP contribution in [-0.4, -0.2) is 13.3 Å². The lowest BCUT2D eigenvalue weighted by molar-refractivity contribution is 0.588. The van der Waals surface area contributed by atoms with Gasteiger partial charge in [0.2, 0.25) is 0 Å². The van der Waals surface area contributed by atoms with E-state index in [-0.39, 0.29) is 0 Å². The van der Waals surface area contributed by atoms with Crippen LogP contribution in [0.1, 0.15) is 5.56 Å². The molecule has 0 unspecified atom stereocenters. The Balaban J connectivity index is 3.33. The molecule has 0 aliphatic rings. The second-order valence-electron chi connectivity index (χ2n) is 3.40. The van der Waals surface area contributed by atoms with Gasteiger partial charge in [-0.15, -0.1) is 0 Å². The molecule has 0 radical (unpaired) electrons. The number of aryl methyl sites for hydroxylation is 1. The van der Waals surface area contributed by atoms with Crippen LogP contribution in [0.3, 0.4) is 0 Å². The minimum atomic E-state index is -2.16. The number of nitrogens with two attached hydrogens (primary N) is 1. The third-order valence-electron chi connectivity index (χ3n) is 1.81. The highest BCUT2D eigenvalue weighted by Gasteiger charge is 2.13. The fraction of sp³-hybridized carbons (Fsp3) is 0.333. The Morgan fingerprint density at radius 1 is 1.33 bits per heavy atom. The summed E-state index contributed by atoms with van der Waals surface area (Å²) in [6, 6.07) is 5.54. The molecule has 3 heteroatoms. The predicted octanol–water partition coefficient (Wildman–Crippen LogP) is 1.83. The maximum atomic E-state index is 11.7. The summed E-state index contributed by atoms with van der Waals surface area (Å²) in [5, 5.41) is 0.891. The predicted molar refractivity (Wildman–Crippen MR) is 54.7 cm³/mol. The molecule has 0 aliphatic heterocycles. The maximum Gasteiger partial charge on any atom is 0.110 e. The van der Waals surface area contributed by atoms with E-state index >= 15 is 0 Å². The molecular weight excluding hydrogens is 169 g/mol. The van der Waals surface area contributed by atoms with E-state index in [1.165, 1.54) is 0 Å². The summed E-state index contributed by atoms with van der Waals surface area (Å²) in [6.45, 7) is 5.47. The molecule has 0 saturated carbocycles. The highest BCUT2D eigenvalue weighted by molar-refractivity contribution is 7.70. The van der Waals surface area contributed by atoms with E-state index < -0.39 is 7.14 Å². The first kappa shape index (κ1) is 9.34. The number of rotatable bonds is 1. The van der Waals surface area contributed by atoms with Crippen LogP contribution in [0.25, 0.3) is 0 Å². The average Bonchev–Trinajstić information content (AvgIpc) is 1.92. The molecular formula is C9H14NOP. The van der Waals surface area contributed by atoms with Crippen LogP contribution in [0.2, 0.25) is 0 Å². The van der Waals surface area contributed by atoms with E-state index in [1.54, 1.807) is 19.4 Å². The van der Waals surface area contributed by atoms with E-state index in [2.05, 4.69) is 0 Å². The summed E-state index contributed by atoms with van der Waals surface area (Å²) in [5.74, 6) is 0. The van der Waals surface area contributed by atoms with Gasteiger partial charge >= 0.3 is 0 Å². The molecule has 0 aromatic heterocycles. The fourth-order valence-corrected chi connectivity index (χ4v) is 2.59. The van der Waals surface area contributed by atoms with Crippen molar-refractivity contribution >= 4 is 18.1 Å². The van der Waals surface area contributed by atoms with Gasteiger partial charge in [-0.05, 0) is 37.9 Å². The lowest BCUT2D eigenvalue weighted by Gasteiger charge is -2.10. The molecule has 2 nitrogen and oxygen atoms in total. The van der Waals surface area contributed by atoms with Crippen molar-refractivity contribution in [2.24, 2.45) is 0 Å². The monoisotopic (exact) mass is 183 g/mol. The molecule has 0 fully saturated rings. The largest absolute Gasteiger partial charge is 0.399 e. The molecule has 1 aromatic carbocycles. The van der Waals surface area contributed by atoms with E-state index in [0.717, 1.165) is 10.9 Å². The molecule has 0 amide bonds. The highest BCUT2D eigenvalue weighted by atomic mass is 31.2. The Morgan fingerprint density at radius 3 is 2.33 bits per heavy atom. The zero-order chi connectivity index (χ0) is 9.35. The second-order valence-corrected chi connectivity index (χ2v) is 6.58. The van der Waals surface area contributed by atoms with Gasteiger partial charge in [-0.1, -0.05) is 6.07 Å². The lowest BCUT2D eigenvalue weighted by Crippen LogP contribution is -2.08.